The molecule has 7 heteroatoms. The molecule has 0 aliphatic rings. The molecule has 0 spiro atoms. The molecular weight excluding hydrogens is 426 g/mol. The average molecular weight is 450 g/mol. The van der Waals surface area contributed by atoms with Crippen LogP contribution < -0.4 is 11.0 Å². The van der Waals surface area contributed by atoms with E-state index in [0.717, 1.165) is 49.9 Å². The first-order chi connectivity index (χ1) is 16.5. The van der Waals surface area contributed by atoms with Gasteiger partial charge in [-0.15, -0.1) is 0 Å². The Bertz CT molecular complexity index is 1810. The Morgan fingerprint density at radius 3 is 2.32 bits per heavy atom. The Morgan fingerprint density at radius 1 is 0.882 bits per heavy atom. The summed E-state index contributed by atoms with van der Waals surface area (Å²) in [4.78, 5) is 30.7. The molecule has 1 N–H and O–H groups in total. The summed E-state index contributed by atoms with van der Waals surface area (Å²) in [7, 11) is 1.75. The van der Waals surface area contributed by atoms with E-state index >= 15 is 0 Å². The maximum absolute atomic E-state index is 13.2. The van der Waals surface area contributed by atoms with Gasteiger partial charge >= 0.3 is 5.69 Å². The number of amides is 1. The Balaban J connectivity index is 1.42. The van der Waals surface area contributed by atoms with Gasteiger partial charge in [-0.2, -0.15) is 0 Å². The van der Waals surface area contributed by atoms with Crippen LogP contribution in [-0.4, -0.2) is 24.4 Å². The third kappa shape index (κ3) is 2.94. The summed E-state index contributed by atoms with van der Waals surface area (Å²) in [5.41, 5.74) is 5.14. The molecule has 0 atom stereocenters. The van der Waals surface area contributed by atoms with Crippen molar-refractivity contribution in [3.05, 3.63) is 89.1 Å². The monoisotopic (exact) mass is 449 g/mol. The molecule has 6 aromatic rings. The van der Waals surface area contributed by atoms with Crippen molar-refractivity contribution in [1.82, 2.24) is 18.5 Å². The summed E-state index contributed by atoms with van der Waals surface area (Å²) in [6.07, 6.45) is 0.182. The van der Waals surface area contributed by atoms with Crippen molar-refractivity contribution in [2.24, 2.45) is 7.05 Å². The molecule has 0 aliphatic carbocycles. The van der Waals surface area contributed by atoms with Gasteiger partial charge in [0.25, 0.3) is 0 Å². The number of anilines is 1. The fourth-order valence-electron chi connectivity index (χ4n) is 4.95. The van der Waals surface area contributed by atoms with Gasteiger partial charge < -0.3 is 5.32 Å². The summed E-state index contributed by atoms with van der Waals surface area (Å²) >= 11 is 0. The fraction of sp³-hybridized carbons (Fsp3) is 0.148. The summed E-state index contributed by atoms with van der Waals surface area (Å²) in [6.45, 7) is 2.28. The van der Waals surface area contributed by atoms with Crippen molar-refractivity contribution in [3.63, 3.8) is 0 Å². The van der Waals surface area contributed by atoms with Gasteiger partial charge in [0.1, 0.15) is 5.82 Å². The minimum Gasteiger partial charge on any atom is -0.324 e. The number of aromatic nitrogens is 4. The Hall–Kier alpha value is -4.39. The molecule has 1 amide bonds. The lowest BCUT2D eigenvalue weighted by molar-refractivity contribution is -0.116. The number of carbonyl (C=O) groups is 1. The number of hydrogen-bond acceptors (Lipinski definition) is 3. The number of benzene rings is 3. The first-order valence-corrected chi connectivity index (χ1v) is 11.3. The fourth-order valence-corrected chi connectivity index (χ4v) is 4.95. The molecule has 3 aromatic heterocycles. The van der Waals surface area contributed by atoms with Crippen molar-refractivity contribution in [2.45, 2.75) is 19.9 Å². The number of carbonyl (C=O) groups excluding carboxylic acids is 1. The molecular formula is C27H23N5O2. The number of imidazole rings is 1. The van der Waals surface area contributed by atoms with Crippen LogP contribution in [0.15, 0.2) is 77.6 Å². The van der Waals surface area contributed by atoms with Gasteiger partial charge in [-0.1, -0.05) is 48.5 Å². The van der Waals surface area contributed by atoms with E-state index < -0.39 is 0 Å². The van der Waals surface area contributed by atoms with Crippen LogP contribution in [0.1, 0.15) is 12.2 Å². The van der Waals surface area contributed by atoms with Gasteiger partial charge in [0, 0.05) is 30.8 Å². The summed E-state index contributed by atoms with van der Waals surface area (Å²) in [5, 5.41) is 5.10. The van der Waals surface area contributed by atoms with Gasteiger partial charge in [0.15, 0.2) is 0 Å². The number of rotatable bonds is 4. The lowest BCUT2D eigenvalue weighted by Crippen LogP contribution is -2.24. The zero-order chi connectivity index (χ0) is 23.4. The normalized spacial score (nSPS) is 11.7. The number of nitrogens with one attached hydrogen (secondary N) is 1. The second-order valence-electron chi connectivity index (χ2n) is 8.53. The van der Waals surface area contributed by atoms with Crippen LogP contribution in [0.5, 0.6) is 0 Å². The predicted octanol–water partition coefficient (Wildman–Crippen LogP) is 4.63. The lowest BCUT2D eigenvalue weighted by Gasteiger charge is -2.09. The molecule has 0 radical (unpaired) electrons. The highest BCUT2D eigenvalue weighted by atomic mass is 16.2. The summed E-state index contributed by atoms with van der Waals surface area (Å²) < 4.78 is 5.38. The number of fused-ring (bicyclic) bond motifs is 6. The molecule has 0 saturated heterocycles. The highest BCUT2D eigenvalue weighted by Gasteiger charge is 2.19. The molecule has 0 bridgehead atoms. The van der Waals surface area contributed by atoms with Gasteiger partial charge in [-0.25, -0.2) is 9.78 Å². The number of hydrogen-bond donors (Lipinski definition) is 1. The van der Waals surface area contributed by atoms with E-state index in [2.05, 4.69) is 9.72 Å². The minimum absolute atomic E-state index is 0.124. The Labute approximate surface area is 194 Å². The second-order valence-corrected chi connectivity index (χ2v) is 8.53. The lowest BCUT2D eigenvalue weighted by atomic mass is 10.1. The van der Waals surface area contributed by atoms with E-state index in [4.69, 9.17) is 4.98 Å². The molecule has 3 heterocycles. The Morgan fingerprint density at radius 2 is 1.53 bits per heavy atom. The maximum atomic E-state index is 13.2. The van der Waals surface area contributed by atoms with E-state index in [0.29, 0.717) is 6.54 Å². The molecule has 0 unspecified atom stereocenters. The third-order valence-corrected chi connectivity index (χ3v) is 6.52. The molecule has 7 nitrogen and oxygen atoms in total. The number of aryl methyl sites for hydroxylation is 3. The van der Waals surface area contributed by atoms with Crippen LogP contribution in [-0.2, 0) is 18.4 Å². The average Bonchev–Trinajstić information content (AvgIpc) is 3.31. The van der Waals surface area contributed by atoms with Crippen molar-refractivity contribution in [1.29, 1.82) is 0 Å². The maximum Gasteiger partial charge on any atom is 0.328 e. The van der Waals surface area contributed by atoms with E-state index in [1.807, 2.05) is 79.7 Å². The first kappa shape index (κ1) is 20.2. The van der Waals surface area contributed by atoms with Crippen LogP contribution in [0.4, 0.5) is 5.69 Å². The topological polar surface area (TPSA) is 73.3 Å². The molecule has 6 rings (SSSR count). The van der Waals surface area contributed by atoms with Crippen LogP contribution in [0.25, 0.3) is 38.4 Å². The van der Waals surface area contributed by atoms with E-state index in [1.165, 1.54) is 0 Å². The summed E-state index contributed by atoms with van der Waals surface area (Å²) in [6, 6.07) is 23.6. The van der Waals surface area contributed by atoms with Crippen LogP contribution in [0.2, 0.25) is 0 Å². The zero-order valence-corrected chi connectivity index (χ0v) is 18.9. The molecule has 168 valence electrons. The molecule has 34 heavy (non-hydrogen) atoms. The van der Waals surface area contributed by atoms with Gasteiger partial charge in [0.2, 0.25) is 5.91 Å². The second kappa shape index (κ2) is 7.59. The van der Waals surface area contributed by atoms with Gasteiger partial charge in [-0.3, -0.25) is 18.3 Å². The van der Waals surface area contributed by atoms with E-state index in [1.54, 1.807) is 16.2 Å². The highest BCUT2D eigenvalue weighted by Crippen LogP contribution is 2.36. The standard InChI is InChI=1S/C27H23N5O2/c1-17-28-20-11-5-3-9-18(20)26-25(19-10-4-6-12-21(19)32(17)26)29-24(33)15-16-31-23-14-8-7-13-22(23)30(2)27(31)34/h3-14H,15-16H2,1-2H3,(H,29,33). The molecule has 0 fully saturated rings. The van der Waals surface area contributed by atoms with Crippen molar-refractivity contribution in [2.75, 3.05) is 5.32 Å². The SMILES string of the molecule is Cc1nc2ccccc2c2c(NC(=O)CCn3c(=O)n(C)c4ccccc43)c3ccccc3n12. The number of nitrogens with zero attached hydrogens (tertiary/aromatic N) is 4. The first-order valence-electron chi connectivity index (χ1n) is 11.3. The number of para-hydroxylation sites is 4. The van der Waals surface area contributed by atoms with Crippen LogP contribution >= 0.6 is 0 Å². The van der Waals surface area contributed by atoms with E-state index in [-0.39, 0.29) is 18.0 Å². The van der Waals surface area contributed by atoms with Gasteiger partial charge in [0.05, 0.1) is 33.3 Å². The van der Waals surface area contributed by atoms with Crippen LogP contribution in [0.3, 0.4) is 0 Å². The van der Waals surface area contributed by atoms with Crippen molar-refractivity contribution < 1.29 is 4.79 Å². The molecule has 0 saturated carbocycles. The Kier molecular flexibility index (Phi) is 4.52. The van der Waals surface area contributed by atoms with Crippen LogP contribution in [0, 0.1) is 6.92 Å². The van der Waals surface area contributed by atoms with Crippen molar-refractivity contribution in [3.8, 4) is 0 Å². The predicted molar refractivity (Wildman–Crippen MR) is 135 cm³/mol. The molecule has 3 aromatic carbocycles. The quantitative estimate of drug-likeness (QED) is 0.426. The summed E-state index contributed by atoms with van der Waals surface area (Å²) in [5.74, 6) is 0.712. The largest absolute Gasteiger partial charge is 0.328 e. The minimum atomic E-state index is -0.142. The highest BCUT2D eigenvalue weighted by molar-refractivity contribution is 6.16. The van der Waals surface area contributed by atoms with Gasteiger partial charge in [-0.05, 0) is 31.2 Å². The molecule has 0 aliphatic heterocycles. The van der Waals surface area contributed by atoms with Crippen molar-refractivity contribution >= 4 is 50.0 Å². The smallest absolute Gasteiger partial charge is 0.324 e. The van der Waals surface area contributed by atoms with E-state index in [9.17, 15) is 9.59 Å². The zero-order valence-electron chi connectivity index (χ0n) is 18.9. The third-order valence-electron chi connectivity index (χ3n) is 6.52.